The van der Waals surface area contributed by atoms with E-state index in [1.807, 2.05) is 66.7 Å². The normalized spacial score (nSPS) is 15.6. The average molecular weight is 346 g/mol. The number of Topliss-reactive ketones (excluding diaryl/α,β-unsaturated/α-hetero) is 1. The molecular weight excluding hydrogens is 328 g/mol. The Hall–Kier alpha value is -3.45. The van der Waals surface area contributed by atoms with Gasteiger partial charge in [-0.2, -0.15) is 0 Å². The molecule has 3 aromatic rings. The standard InChI is InChI=1S/C26H18O/c1-17-23(18-10-4-2-5-11-18)25(19-12-6-3-7-13-19)26(27)22-16-20-14-8-9-15-21(20)24(17)22/h2-16H,1H3. The number of rotatable bonds is 2. The highest BCUT2D eigenvalue weighted by Crippen LogP contribution is 2.49. The van der Waals surface area contributed by atoms with E-state index in [1.54, 1.807) is 0 Å². The van der Waals surface area contributed by atoms with Gasteiger partial charge in [-0.1, -0.05) is 84.9 Å². The van der Waals surface area contributed by atoms with Crippen molar-refractivity contribution in [2.24, 2.45) is 0 Å². The van der Waals surface area contributed by atoms with Gasteiger partial charge in [0.05, 0.1) is 0 Å². The molecule has 2 aliphatic carbocycles. The first-order valence-electron chi connectivity index (χ1n) is 9.18. The van der Waals surface area contributed by atoms with Gasteiger partial charge in [0.25, 0.3) is 0 Å². The summed E-state index contributed by atoms with van der Waals surface area (Å²) in [4.78, 5) is 13.6. The summed E-state index contributed by atoms with van der Waals surface area (Å²) < 4.78 is 0. The minimum Gasteiger partial charge on any atom is -0.289 e. The number of hydrogen-bond donors (Lipinski definition) is 0. The van der Waals surface area contributed by atoms with Crippen LogP contribution in [-0.2, 0) is 4.79 Å². The summed E-state index contributed by atoms with van der Waals surface area (Å²) >= 11 is 0. The van der Waals surface area contributed by atoms with Crippen molar-refractivity contribution in [2.45, 2.75) is 6.92 Å². The first-order chi connectivity index (χ1) is 13.3. The maximum absolute atomic E-state index is 13.6. The molecule has 0 aliphatic heterocycles. The number of carbonyl (C=O) groups excluding carboxylic acids is 1. The van der Waals surface area contributed by atoms with Crippen LogP contribution < -0.4 is 0 Å². The van der Waals surface area contributed by atoms with Crippen LogP contribution in [0.1, 0.15) is 29.2 Å². The Kier molecular flexibility index (Phi) is 3.54. The van der Waals surface area contributed by atoms with Crippen LogP contribution in [0.4, 0.5) is 0 Å². The zero-order valence-corrected chi connectivity index (χ0v) is 15.1. The number of benzene rings is 3. The fourth-order valence-corrected chi connectivity index (χ4v) is 4.21. The highest BCUT2D eigenvalue weighted by atomic mass is 16.1. The van der Waals surface area contributed by atoms with Gasteiger partial charge in [0.15, 0.2) is 5.78 Å². The Balaban J connectivity index is 1.87. The van der Waals surface area contributed by atoms with Crippen LogP contribution in [0.2, 0.25) is 0 Å². The molecule has 5 rings (SSSR count). The SMILES string of the molecule is CC1=C2C(=Cc3ccccc32)C(=O)C(c2ccccc2)=C1c1ccccc1. The van der Waals surface area contributed by atoms with Crippen LogP contribution in [-0.4, -0.2) is 5.78 Å². The van der Waals surface area contributed by atoms with E-state index in [0.717, 1.165) is 50.1 Å². The van der Waals surface area contributed by atoms with E-state index < -0.39 is 0 Å². The zero-order chi connectivity index (χ0) is 18.4. The lowest BCUT2D eigenvalue weighted by atomic mass is 9.77. The number of carbonyl (C=O) groups is 1. The minimum absolute atomic E-state index is 0.108. The second-order valence-corrected chi connectivity index (χ2v) is 6.96. The van der Waals surface area contributed by atoms with E-state index in [2.05, 4.69) is 31.2 Å². The molecule has 0 spiro atoms. The van der Waals surface area contributed by atoms with E-state index >= 15 is 0 Å². The molecule has 0 amide bonds. The van der Waals surface area contributed by atoms with Crippen molar-refractivity contribution in [3.63, 3.8) is 0 Å². The molecule has 0 saturated carbocycles. The number of hydrogen-bond acceptors (Lipinski definition) is 1. The van der Waals surface area contributed by atoms with Crippen LogP contribution in [0.15, 0.2) is 96.1 Å². The summed E-state index contributed by atoms with van der Waals surface area (Å²) in [5, 5.41) is 0. The highest BCUT2D eigenvalue weighted by Gasteiger charge is 2.35. The van der Waals surface area contributed by atoms with Gasteiger partial charge in [-0.3, -0.25) is 4.79 Å². The molecule has 27 heavy (non-hydrogen) atoms. The Morgan fingerprint density at radius 3 is 1.81 bits per heavy atom. The molecule has 0 saturated heterocycles. The van der Waals surface area contributed by atoms with Crippen LogP contribution in [0.25, 0.3) is 22.8 Å². The predicted octanol–water partition coefficient (Wildman–Crippen LogP) is 6.05. The molecule has 0 atom stereocenters. The van der Waals surface area contributed by atoms with Crippen molar-refractivity contribution >= 4 is 28.6 Å². The van der Waals surface area contributed by atoms with Gasteiger partial charge in [-0.15, -0.1) is 0 Å². The van der Waals surface area contributed by atoms with Gasteiger partial charge < -0.3 is 0 Å². The topological polar surface area (TPSA) is 17.1 Å². The summed E-state index contributed by atoms with van der Waals surface area (Å²) in [5.41, 5.74) is 9.21. The van der Waals surface area contributed by atoms with E-state index in [0.29, 0.717) is 0 Å². The molecule has 1 heteroatoms. The summed E-state index contributed by atoms with van der Waals surface area (Å²) in [6.45, 7) is 2.14. The molecule has 0 heterocycles. The van der Waals surface area contributed by atoms with Gasteiger partial charge in [-0.05, 0) is 52.0 Å². The van der Waals surface area contributed by atoms with Crippen molar-refractivity contribution in [3.8, 4) is 0 Å². The Labute approximate surface area is 159 Å². The second kappa shape index (κ2) is 6.07. The van der Waals surface area contributed by atoms with Crippen molar-refractivity contribution in [2.75, 3.05) is 0 Å². The molecule has 1 nitrogen and oxygen atoms in total. The highest BCUT2D eigenvalue weighted by molar-refractivity contribution is 6.45. The second-order valence-electron chi connectivity index (χ2n) is 6.96. The Morgan fingerprint density at radius 1 is 0.593 bits per heavy atom. The van der Waals surface area contributed by atoms with Crippen LogP contribution in [0, 0.1) is 0 Å². The van der Waals surface area contributed by atoms with Gasteiger partial charge >= 0.3 is 0 Å². The molecule has 0 N–H and O–H groups in total. The minimum atomic E-state index is 0.108. The van der Waals surface area contributed by atoms with Crippen LogP contribution in [0.3, 0.4) is 0 Å². The van der Waals surface area contributed by atoms with Gasteiger partial charge in [0.2, 0.25) is 0 Å². The third-order valence-electron chi connectivity index (χ3n) is 5.40. The molecule has 0 unspecified atom stereocenters. The van der Waals surface area contributed by atoms with Crippen LogP contribution >= 0.6 is 0 Å². The van der Waals surface area contributed by atoms with Crippen molar-refractivity contribution in [1.29, 1.82) is 0 Å². The lowest BCUT2D eigenvalue weighted by molar-refractivity contribution is -0.110. The third-order valence-corrected chi connectivity index (χ3v) is 5.40. The monoisotopic (exact) mass is 346 g/mol. The molecule has 128 valence electrons. The molecule has 3 aromatic carbocycles. The van der Waals surface area contributed by atoms with Gasteiger partial charge in [0, 0.05) is 11.1 Å². The number of ketones is 1. The van der Waals surface area contributed by atoms with Gasteiger partial charge in [0.1, 0.15) is 0 Å². The number of allylic oxidation sites excluding steroid dienone is 5. The summed E-state index contributed by atoms with van der Waals surface area (Å²) in [6, 6.07) is 28.5. The quantitative estimate of drug-likeness (QED) is 0.552. The zero-order valence-electron chi connectivity index (χ0n) is 15.1. The van der Waals surface area contributed by atoms with Crippen molar-refractivity contribution < 1.29 is 4.79 Å². The Bertz CT molecular complexity index is 1160. The molecule has 0 fully saturated rings. The molecular formula is C26H18O. The summed E-state index contributed by atoms with van der Waals surface area (Å²) in [5.74, 6) is 0.108. The fourth-order valence-electron chi connectivity index (χ4n) is 4.21. The smallest absolute Gasteiger partial charge is 0.194 e. The predicted molar refractivity (Wildman–Crippen MR) is 112 cm³/mol. The van der Waals surface area contributed by atoms with E-state index in [4.69, 9.17) is 0 Å². The number of fused-ring (bicyclic) bond motifs is 3. The average Bonchev–Trinajstić information content (AvgIpc) is 3.12. The maximum atomic E-state index is 13.6. The van der Waals surface area contributed by atoms with Gasteiger partial charge in [-0.25, -0.2) is 0 Å². The van der Waals surface area contributed by atoms with E-state index in [-0.39, 0.29) is 5.78 Å². The van der Waals surface area contributed by atoms with Crippen molar-refractivity contribution in [3.05, 3.63) is 118 Å². The van der Waals surface area contributed by atoms with E-state index in [9.17, 15) is 4.79 Å². The van der Waals surface area contributed by atoms with Crippen molar-refractivity contribution in [1.82, 2.24) is 0 Å². The lowest BCUT2D eigenvalue weighted by Gasteiger charge is -2.25. The summed E-state index contributed by atoms with van der Waals surface area (Å²) in [6.07, 6.45) is 2.04. The first kappa shape index (κ1) is 15.8. The fraction of sp³-hybridized carbons (Fsp3) is 0.0385. The third kappa shape index (κ3) is 2.36. The first-order valence-corrected chi connectivity index (χ1v) is 9.18. The largest absolute Gasteiger partial charge is 0.289 e. The molecule has 2 aliphatic rings. The summed E-state index contributed by atoms with van der Waals surface area (Å²) in [7, 11) is 0. The molecule has 0 bridgehead atoms. The molecule has 0 aromatic heterocycles. The van der Waals surface area contributed by atoms with E-state index in [1.165, 1.54) is 0 Å². The Morgan fingerprint density at radius 2 is 1.15 bits per heavy atom. The maximum Gasteiger partial charge on any atom is 0.194 e. The van der Waals surface area contributed by atoms with Crippen LogP contribution in [0.5, 0.6) is 0 Å². The molecule has 0 radical (unpaired) electrons. The lowest BCUT2D eigenvalue weighted by Crippen LogP contribution is -2.14.